The molecule has 1 aromatic rings. The Bertz CT molecular complexity index is 360. The van der Waals surface area contributed by atoms with E-state index < -0.39 is 0 Å². The van der Waals surface area contributed by atoms with Crippen LogP contribution in [0.25, 0.3) is 0 Å². The topological polar surface area (TPSA) is 46.3 Å². The van der Waals surface area contributed by atoms with Crippen molar-refractivity contribution in [2.45, 2.75) is 20.3 Å². The summed E-state index contributed by atoms with van der Waals surface area (Å²) in [6, 6.07) is 3.95. The first-order valence-electron chi connectivity index (χ1n) is 4.97. The highest BCUT2D eigenvalue weighted by atomic mass is 16.2. The van der Waals surface area contributed by atoms with Crippen LogP contribution in [-0.2, 0) is 11.2 Å². The highest BCUT2D eigenvalue weighted by Crippen LogP contribution is 2.19. The van der Waals surface area contributed by atoms with Crippen molar-refractivity contribution in [3.8, 4) is 0 Å². The lowest BCUT2D eigenvalue weighted by Gasteiger charge is -2.12. The van der Waals surface area contributed by atoms with Gasteiger partial charge in [-0.1, -0.05) is 12.1 Å². The monoisotopic (exact) mass is 206 g/mol. The summed E-state index contributed by atoms with van der Waals surface area (Å²) in [6.45, 7) is 3.93. The number of hydrogen-bond donors (Lipinski definition) is 1. The molecule has 0 heterocycles. The van der Waals surface area contributed by atoms with E-state index in [0.29, 0.717) is 6.42 Å². The largest absolute Gasteiger partial charge is 0.398 e. The molecule has 3 nitrogen and oxygen atoms in total. The molecular formula is C12H18N2O. The highest BCUT2D eigenvalue weighted by Gasteiger charge is 2.07. The van der Waals surface area contributed by atoms with Gasteiger partial charge < -0.3 is 10.6 Å². The molecule has 0 aliphatic rings. The van der Waals surface area contributed by atoms with Gasteiger partial charge in [-0.3, -0.25) is 4.79 Å². The van der Waals surface area contributed by atoms with E-state index in [0.717, 1.165) is 22.4 Å². The highest BCUT2D eigenvalue weighted by molar-refractivity contribution is 5.78. The number of likely N-dealkylation sites (N-methyl/N-ethyl adjacent to an activating group) is 1. The Hall–Kier alpha value is -1.51. The van der Waals surface area contributed by atoms with Crippen LogP contribution in [0.2, 0.25) is 0 Å². The molecule has 0 bridgehead atoms. The Morgan fingerprint density at radius 2 is 1.73 bits per heavy atom. The van der Waals surface area contributed by atoms with Crippen LogP contribution in [0.15, 0.2) is 12.1 Å². The van der Waals surface area contributed by atoms with Crippen LogP contribution in [-0.4, -0.2) is 24.9 Å². The van der Waals surface area contributed by atoms with Crippen LogP contribution >= 0.6 is 0 Å². The molecule has 1 aromatic carbocycles. The second-order valence-electron chi connectivity index (χ2n) is 4.11. The lowest BCUT2D eigenvalue weighted by molar-refractivity contribution is -0.127. The quantitative estimate of drug-likeness (QED) is 0.746. The van der Waals surface area contributed by atoms with Gasteiger partial charge in [0, 0.05) is 19.8 Å². The summed E-state index contributed by atoms with van der Waals surface area (Å²) in [4.78, 5) is 13.1. The number of carbonyl (C=O) groups is 1. The summed E-state index contributed by atoms with van der Waals surface area (Å²) in [5, 5.41) is 0. The van der Waals surface area contributed by atoms with Crippen LogP contribution in [0.1, 0.15) is 16.7 Å². The average molecular weight is 206 g/mol. The third kappa shape index (κ3) is 2.72. The number of anilines is 1. The molecule has 0 unspecified atom stereocenters. The molecular weight excluding hydrogens is 188 g/mol. The lowest BCUT2D eigenvalue weighted by atomic mass is 10.0. The molecule has 15 heavy (non-hydrogen) atoms. The molecule has 0 saturated carbocycles. The first-order chi connectivity index (χ1) is 6.91. The molecule has 0 spiro atoms. The SMILES string of the molecule is Cc1cc(CC(=O)N(C)C)cc(C)c1N. The molecule has 0 aliphatic carbocycles. The second kappa shape index (κ2) is 4.34. The lowest BCUT2D eigenvalue weighted by Crippen LogP contribution is -2.23. The maximum Gasteiger partial charge on any atom is 0.226 e. The van der Waals surface area contributed by atoms with Crippen LogP contribution in [0.5, 0.6) is 0 Å². The minimum Gasteiger partial charge on any atom is -0.398 e. The van der Waals surface area contributed by atoms with Crippen molar-refractivity contribution < 1.29 is 4.79 Å². The van der Waals surface area contributed by atoms with Crippen molar-refractivity contribution in [3.63, 3.8) is 0 Å². The molecule has 82 valence electrons. The molecule has 0 atom stereocenters. The maximum atomic E-state index is 11.5. The van der Waals surface area contributed by atoms with Gasteiger partial charge in [0.25, 0.3) is 0 Å². The fraction of sp³-hybridized carbons (Fsp3) is 0.417. The van der Waals surface area contributed by atoms with Gasteiger partial charge >= 0.3 is 0 Å². The minimum atomic E-state index is 0.110. The number of nitrogen functional groups attached to an aromatic ring is 1. The summed E-state index contributed by atoms with van der Waals surface area (Å²) >= 11 is 0. The predicted molar refractivity (Wildman–Crippen MR) is 62.7 cm³/mol. The molecule has 2 N–H and O–H groups in total. The normalized spacial score (nSPS) is 10.1. The third-order valence-electron chi connectivity index (χ3n) is 2.51. The van der Waals surface area contributed by atoms with Gasteiger partial charge in [-0.05, 0) is 30.5 Å². The number of aryl methyl sites for hydroxylation is 2. The van der Waals surface area contributed by atoms with Crippen LogP contribution < -0.4 is 5.73 Å². The smallest absolute Gasteiger partial charge is 0.226 e. The fourth-order valence-electron chi connectivity index (χ4n) is 1.50. The summed E-state index contributed by atoms with van der Waals surface area (Å²) in [5.74, 6) is 0.110. The van der Waals surface area contributed by atoms with Gasteiger partial charge in [-0.2, -0.15) is 0 Å². The Morgan fingerprint density at radius 1 is 1.27 bits per heavy atom. The average Bonchev–Trinajstić information content (AvgIpc) is 2.13. The Kier molecular flexibility index (Phi) is 3.35. The minimum absolute atomic E-state index is 0.110. The zero-order chi connectivity index (χ0) is 11.6. The van der Waals surface area contributed by atoms with Gasteiger partial charge in [0.15, 0.2) is 0 Å². The van der Waals surface area contributed by atoms with Crippen LogP contribution in [0.4, 0.5) is 5.69 Å². The number of carbonyl (C=O) groups excluding carboxylic acids is 1. The van der Waals surface area contributed by atoms with Crippen molar-refractivity contribution in [1.82, 2.24) is 4.90 Å². The van der Waals surface area contributed by atoms with E-state index in [9.17, 15) is 4.79 Å². The van der Waals surface area contributed by atoms with Gasteiger partial charge in [0.05, 0.1) is 6.42 Å². The Balaban J connectivity index is 2.93. The predicted octanol–water partition coefficient (Wildman–Crippen LogP) is 1.52. The number of hydrogen-bond acceptors (Lipinski definition) is 2. The third-order valence-corrected chi connectivity index (χ3v) is 2.51. The van der Waals surface area contributed by atoms with E-state index >= 15 is 0 Å². The number of nitrogens with two attached hydrogens (primary N) is 1. The number of benzene rings is 1. The van der Waals surface area contributed by atoms with E-state index in [-0.39, 0.29) is 5.91 Å². The number of nitrogens with zero attached hydrogens (tertiary/aromatic N) is 1. The molecule has 0 fully saturated rings. The van der Waals surface area contributed by atoms with E-state index in [1.807, 2.05) is 26.0 Å². The standard InChI is InChI=1S/C12H18N2O/c1-8-5-10(6-9(2)12(8)13)7-11(15)14(3)4/h5-6H,7,13H2,1-4H3. The van der Waals surface area contributed by atoms with E-state index in [1.54, 1.807) is 19.0 Å². The molecule has 0 saturated heterocycles. The zero-order valence-corrected chi connectivity index (χ0v) is 9.79. The summed E-state index contributed by atoms with van der Waals surface area (Å²) < 4.78 is 0. The molecule has 1 amide bonds. The van der Waals surface area contributed by atoms with Crippen LogP contribution in [0, 0.1) is 13.8 Å². The van der Waals surface area contributed by atoms with Gasteiger partial charge in [0.1, 0.15) is 0 Å². The first-order valence-corrected chi connectivity index (χ1v) is 4.97. The molecule has 0 aromatic heterocycles. The van der Waals surface area contributed by atoms with Crippen molar-refractivity contribution in [2.75, 3.05) is 19.8 Å². The molecule has 3 heteroatoms. The van der Waals surface area contributed by atoms with Gasteiger partial charge in [-0.15, -0.1) is 0 Å². The maximum absolute atomic E-state index is 11.5. The second-order valence-corrected chi connectivity index (χ2v) is 4.11. The molecule has 0 aliphatic heterocycles. The fourth-order valence-corrected chi connectivity index (χ4v) is 1.50. The van der Waals surface area contributed by atoms with Gasteiger partial charge in [-0.25, -0.2) is 0 Å². The molecule has 0 radical (unpaired) electrons. The summed E-state index contributed by atoms with van der Waals surface area (Å²) in [6.07, 6.45) is 0.439. The Labute approximate surface area is 90.9 Å². The number of rotatable bonds is 2. The van der Waals surface area contributed by atoms with Crippen molar-refractivity contribution in [3.05, 3.63) is 28.8 Å². The first kappa shape index (κ1) is 11.6. The van der Waals surface area contributed by atoms with Crippen molar-refractivity contribution >= 4 is 11.6 Å². The van der Waals surface area contributed by atoms with Crippen molar-refractivity contribution in [1.29, 1.82) is 0 Å². The number of amides is 1. The van der Waals surface area contributed by atoms with E-state index in [2.05, 4.69) is 0 Å². The summed E-state index contributed by atoms with van der Waals surface area (Å²) in [7, 11) is 3.53. The van der Waals surface area contributed by atoms with E-state index in [4.69, 9.17) is 5.73 Å². The zero-order valence-electron chi connectivity index (χ0n) is 9.79. The van der Waals surface area contributed by atoms with Crippen LogP contribution in [0.3, 0.4) is 0 Å². The molecule has 1 rings (SSSR count). The Morgan fingerprint density at radius 3 is 2.13 bits per heavy atom. The van der Waals surface area contributed by atoms with Crippen molar-refractivity contribution in [2.24, 2.45) is 0 Å². The van der Waals surface area contributed by atoms with E-state index in [1.165, 1.54) is 0 Å². The van der Waals surface area contributed by atoms with Gasteiger partial charge in [0.2, 0.25) is 5.91 Å². The summed E-state index contributed by atoms with van der Waals surface area (Å²) in [5.41, 5.74) is 9.76.